The van der Waals surface area contributed by atoms with Crippen molar-refractivity contribution < 1.29 is 19.8 Å². The summed E-state index contributed by atoms with van der Waals surface area (Å²) in [6, 6.07) is -1.65. The van der Waals surface area contributed by atoms with Gasteiger partial charge >= 0.3 is 12.0 Å². The Balaban J connectivity index is 2.17. The van der Waals surface area contributed by atoms with Crippen LogP contribution in [0.5, 0.6) is 0 Å². The molecule has 1 aromatic heterocycles. The number of hydrogen-bond donors (Lipinski definition) is 4. The van der Waals surface area contributed by atoms with Gasteiger partial charge in [0, 0.05) is 32.3 Å². The van der Waals surface area contributed by atoms with E-state index in [-0.39, 0.29) is 13.0 Å². The lowest BCUT2D eigenvalue weighted by Crippen LogP contribution is -2.46. The van der Waals surface area contributed by atoms with Gasteiger partial charge in [-0.3, -0.25) is 4.68 Å². The summed E-state index contributed by atoms with van der Waals surface area (Å²) in [4.78, 5) is 22.1. The number of carboxylic acid groups (broad SMARTS) is 1. The number of amides is 2. The maximum Gasteiger partial charge on any atom is 0.326 e. The van der Waals surface area contributed by atoms with Crippen LogP contribution in [0, 0.1) is 0 Å². The van der Waals surface area contributed by atoms with Crippen molar-refractivity contribution in [2.75, 3.05) is 13.2 Å². The zero-order valence-electron chi connectivity index (χ0n) is 10.3. The zero-order chi connectivity index (χ0) is 14.1. The minimum Gasteiger partial charge on any atom is -0.480 e. The fraction of sp³-hybridized carbons (Fsp3) is 0.600. The van der Waals surface area contributed by atoms with E-state index in [9.17, 15) is 9.59 Å². The van der Waals surface area contributed by atoms with E-state index in [1.807, 2.05) is 0 Å². The number of hydrogen-bond acceptors (Lipinski definition) is 5. The van der Waals surface area contributed by atoms with Gasteiger partial charge in [-0.25, -0.2) is 9.59 Å². The number of aromatic nitrogens is 3. The Morgan fingerprint density at radius 1 is 1.42 bits per heavy atom. The minimum atomic E-state index is -1.17. The van der Waals surface area contributed by atoms with Crippen LogP contribution in [0.3, 0.4) is 0 Å². The maximum absolute atomic E-state index is 11.4. The molecular weight excluding hydrogens is 254 g/mol. The number of aliphatic hydroxyl groups excluding tert-OH is 1. The van der Waals surface area contributed by atoms with Gasteiger partial charge in [0.1, 0.15) is 6.04 Å². The van der Waals surface area contributed by atoms with Crippen molar-refractivity contribution in [3.05, 3.63) is 12.4 Å². The van der Waals surface area contributed by atoms with Gasteiger partial charge in [0.25, 0.3) is 0 Å². The van der Waals surface area contributed by atoms with Crippen molar-refractivity contribution in [1.29, 1.82) is 0 Å². The fourth-order valence-electron chi connectivity index (χ4n) is 1.39. The second-order valence-corrected chi connectivity index (χ2v) is 3.82. The molecule has 106 valence electrons. The molecule has 0 saturated carbocycles. The average Bonchev–Trinajstić information content (AvgIpc) is 2.87. The number of nitrogens with one attached hydrogen (secondary N) is 2. The van der Waals surface area contributed by atoms with E-state index < -0.39 is 18.0 Å². The number of aliphatic carboxylic acids is 1. The molecule has 9 nitrogen and oxygen atoms in total. The van der Waals surface area contributed by atoms with Crippen molar-refractivity contribution in [3.8, 4) is 0 Å². The molecule has 1 aromatic rings. The highest BCUT2D eigenvalue weighted by Gasteiger charge is 2.18. The van der Waals surface area contributed by atoms with Gasteiger partial charge in [-0.2, -0.15) is 0 Å². The zero-order valence-corrected chi connectivity index (χ0v) is 10.3. The monoisotopic (exact) mass is 271 g/mol. The van der Waals surface area contributed by atoms with Gasteiger partial charge in [0.05, 0.1) is 6.20 Å². The lowest BCUT2D eigenvalue weighted by atomic mass is 10.2. The van der Waals surface area contributed by atoms with E-state index in [4.69, 9.17) is 10.2 Å². The fourth-order valence-corrected chi connectivity index (χ4v) is 1.39. The Hall–Kier alpha value is -2.16. The first-order valence-corrected chi connectivity index (χ1v) is 5.85. The van der Waals surface area contributed by atoms with Crippen LogP contribution in [0.25, 0.3) is 0 Å². The third kappa shape index (κ3) is 5.82. The number of urea groups is 1. The molecule has 9 heteroatoms. The molecule has 0 saturated heterocycles. The summed E-state index contributed by atoms with van der Waals surface area (Å²) in [7, 11) is 0. The number of carbonyl (C=O) groups excluding carboxylic acids is 1. The molecule has 0 aliphatic carbocycles. The summed E-state index contributed by atoms with van der Waals surface area (Å²) in [5.74, 6) is -1.17. The van der Waals surface area contributed by atoms with Crippen LogP contribution in [0.4, 0.5) is 4.79 Å². The van der Waals surface area contributed by atoms with Crippen LogP contribution in [0.1, 0.15) is 12.8 Å². The standard InChI is InChI=1S/C10H17N5O4/c16-7-2-8(9(17)18)13-10(19)11-3-1-5-15-6-4-12-14-15/h4,6,8,16H,1-3,5,7H2,(H,17,18)(H2,11,13,19). The van der Waals surface area contributed by atoms with Gasteiger partial charge in [-0.05, 0) is 6.42 Å². The normalized spacial score (nSPS) is 11.8. The number of aliphatic hydroxyl groups is 1. The van der Waals surface area contributed by atoms with Gasteiger partial charge in [-0.15, -0.1) is 5.10 Å². The molecule has 0 fully saturated rings. The number of aryl methyl sites for hydroxylation is 1. The minimum absolute atomic E-state index is 0.0261. The number of carboxylic acids is 1. The first-order chi connectivity index (χ1) is 9.13. The van der Waals surface area contributed by atoms with Crippen LogP contribution in [-0.2, 0) is 11.3 Å². The Morgan fingerprint density at radius 3 is 2.79 bits per heavy atom. The molecule has 4 N–H and O–H groups in total. The van der Waals surface area contributed by atoms with Crippen molar-refractivity contribution in [2.24, 2.45) is 0 Å². The van der Waals surface area contributed by atoms with Gasteiger partial charge in [-0.1, -0.05) is 5.21 Å². The van der Waals surface area contributed by atoms with Gasteiger partial charge < -0.3 is 20.8 Å². The van der Waals surface area contributed by atoms with Crippen LogP contribution in [0.15, 0.2) is 12.4 Å². The van der Waals surface area contributed by atoms with E-state index in [0.717, 1.165) is 0 Å². The van der Waals surface area contributed by atoms with E-state index in [2.05, 4.69) is 20.9 Å². The van der Waals surface area contributed by atoms with Gasteiger partial charge in [0.15, 0.2) is 0 Å². The lowest BCUT2D eigenvalue weighted by Gasteiger charge is -2.13. The van der Waals surface area contributed by atoms with E-state index in [1.54, 1.807) is 17.1 Å². The highest BCUT2D eigenvalue weighted by Crippen LogP contribution is 1.91. The molecule has 0 spiro atoms. The molecule has 1 heterocycles. The van der Waals surface area contributed by atoms with Crippen molar-refractivity contribution >= 4 is 12.0 Å². The second kappa shape index (κ2) is 8.03. The van der Waals surface area contributed by atoms with Crippen molar-refractivity contribution in [2.45, 2.75) is 25.4 Å². The van der Waals surface area contributed by atoms with Crippen molar-refractivity contribution in [3.63, 3.8) is 0 Å². The van der Waals surface area contributed by atoms with Crippen molar-refractivity contribution in [1.82, 2.24) is 25.6 Å². The molecule has 0 aliphatic rings. The first-order valence-electron chi connectivity index (χ1n) is 5.85. The Morgan fingerprint density at radius 2 is 2.21 bits per heavy atom. The predicted octanol–water partition coefficient (Wildman–Crippen LogP) is -1.20. The van der Waals surface area contributed by atoms with Crippen LogP contribution >= 0.6 is 0 Å². The highest BCUT2D eigenvalue weighted by atomic mass is 16.4. The molecule has 1 unspecified atom stereocenters. The predicted molar refractivity (Wildman–Crippen MR) is 64.3 cm³/mol. The Bertz CT molecular complexity index is 395. The van der Waals surface area contributed by atoms with E-state index in [1.165, 1.54) is 0 Å². The third-order valence-corrected chi connectivity index (χ3v) is 2.34. The number of carbonyl (C=O) groups is 2. The summed E-state index contributed by atoms with van der Waals surface area (Å²) in [6.45, 7) is 0.694. The molecule has 1 atom stereocenters. The topological polar surface area (TPSA) is 129 Å². The van der Waals surface area contributed by atoms with Crippen LogP contribution in [0.2, 0.25) is 0 Å². The molecular formula is C10H17N5O4. The molecule has 0 aromatic carbocycles. The Kier molecular flexibility index (Phi) is 6.30. The summed E-state index contributed by atoms with van der Waals surface area (Å²) in [5, 5.41) is 29.6. The summed E-state index contributed by atoms with van der Waals surface area (Å²) < 4.78 is 1.63. The first kappa shape index (κ1) is 14.9. The third-order valence-electron chi connectivity index (χ3n) is 2.34. The number of rotatable bonds is 8. The lowest BCUT2D eigenvalue weighted by molar-refractivity contribution is -0.139. The largest absolute Gasteiger partial charge is 0.480 e. The van der Waals surface area contributed by atoms with E-state index in [0.29, 0.717) is 19.5 Å². The van der Waals surface area contributed by atoms with Crippen LogP contribution in [-0.4, -0.2) is 56.4 Å². The molecule has 1 rings (SSSR count). The molecule has 0 bridgehead atoms. The second-order valence-electron chi connectivity index (χ2n) is 3.82. The molecule has 0 aliphatic heterocycles. The average molecular weight is 271 g/mol. The smallest absolute Gasteiger partial charge is 0.326 e. The molecule has 2 amide bonds. The molecule has 0 radical (unpaired) electrons. The SMILES string of the molecule is O=C(NCCCn1ccnn1)NC(CCO)C(=O)O. The molecule has 19 heavy (non-hydrogen) atoms. The number of nitrogens with zero attached hydrogens (tertiary/aromatic N) is 3. The highest BCUT2D eigenvalue weighted by molar-refractivity contribution is 5.82. The summed E-state index contributed by atoms with van der Waals surface area (Å²) in [6.07, 6.45) is 3.89. The Labute approximate surface area is 109 Å². The summed E-state index contributed by atoms with van der Waals surface area (Å²) in [5.41, 5.74) is 0. The summed E-state index contributed by atoms with van der Waals surface area (Å²) >= 11 is 0. The quantitative estimate of drug-likeness (QED) is 0.440. The maximum atomic E-state index is 11.4. The van der Waals surface area contributed by atoms with Gasteiger partial charge in [0.2, 0.25) is 0 Å². The van der Waals surface area contributed by atoms with Crippen LogP contribution < -0.4 is 10.6 Å². The van der Waals surface area contributed by atoms with E-state index >= 15 is 0 Å².